The second-order valence-electron chi connectivity index (χ2n) is 9.95. The van der Waals surface area contributed by atoms with Crippen LogP contribution in [0.3, 0.4) is 0 Å². The van der Waals surface area contributed by atoms with Gasteiger partial charge in [-0.25, -0.2) is 13.6 Å². The minimum absolute atomic E-state index is 0.00389. The van der Waals surface area contributed by atoms with E-state index in [1.54, 1.807) is 0 Å². The first-order valence-electron chi connectivity index (χ1n) is 13.3. The van der Waals surface area contributed by atoms with Crippen molar-refractivity contribution in [2.24, 2.45) is 0 Å². The van der Waals surface area contributed by atoms with E-state index < -0.39 is 52.4 Å². The predicted molar refractivity (Wildman–Crippen MR) is 151 cm³/mol. The van der Waals surface area contributed by atoms with Gasteiger partial charge in [-0.1, -0.05) is 24.3 Å². The maximum Gasteiger partial charge on any atom is 0.416 e. The number of carboxylic acids is 1. The fourth-order valence-corrected chi connectivity index (χ4v) is 4.11. The molecule has 0 aromatic heterocycles. The lowest BCUT2D eigenvalue weighted by atomic mass is 10.1. The van der Waals surface area contributed by atoms with Gasteiger partial charge in [0.25, 0.3) is 0 Å². The number of aromatic carboxylic acids is 1. The lowest BCUT2D eigenvalue weighted by molar-refractivity contribution is -0.138. The van der Waals surface area contributed by atoms with Gasteiger partial charge in [-0.15, -0.1) is 0 Å². The predicted octanol–water partition coefficient (Wildman–Crippen LogP) is 9.36. The minimum Gasteiger partial charge on any atom is -0.489 e. The zero-order valence-corrected chi connectivity index (χ0v) is 24.4. The molecule has 0 atom stereocenters. The highest BCUT2D eigenvalue weighted by Gasteiger charge is 2.31. The average molecular weight is 655 g/mol. The molecule has 0 unspecified atom stereocenters. The van der Waals surface area contributed by atoms with E-state index in [1.807, 2.05) is 0 Å². The molecule has 0 aliphatic rings. The molecule has 46 heavy (non-hydrogen) atoms. The molecular formula is C33H26F8O5. The molecule has 0 bridgehead atoms. The highest BCUT2D eigenvalue weighted by molar-refractivity contribution is 5.94. The van der Waals surface area contributed by atoms with E-state index in [2.05, 4.69) is 0 Å². The summed E-state index contributed by atoms with van der Waals surface area (Å²) in [4.78, 5) is 22.1. The van der Waals surface area contributed by atoms with Gasteiger partial charge in [0.1, 0.15) is 36.3 Å². The number of carboxylic acid groups (broad SMARTS) is 1. The van der Waals surface area contributed by atoms with Crippen LogP contribution in [-0.2, 0) is 25.6 Å². The number of carbonyl (C=O) groups excluding carboxylic acids is 1. The molecular weight excluding hydrogens is 628 g/mol. The van der Waals surface area contributed by atoms with Crippen LogP contribution in [0.15, 0.2) is 72.8 Å². The van der Waals surface area contributed by atoms with Crippen molar-refractivity contribution in [3.05, 3.63) is 129 Å². The van der Waals surface area contributed by atoms with Gasteiger partial charge in [0.15, 0.2) is 5.78 Å². The van der Waals surface area contributed by atoms with Gasteiger partial charge in [0, 0.05) is 11.1 Å². The summed E-state index contributed by atoms with van der Waals surface area (Å²) >= 11 is 0. The van der Waals surface area contributed by atoms with E-state index >= 15 is 0 Å². The molecule has 0 fully saturated rings. The van der Waals surface area contributed by atoms with Crippen molar-refractivity contribution in [1.29, 1.82) is 0 Å². The molecule has 0 radical (unpaired) electrons. The number of hydrogen-bond acceptors (Lipinski definition) is 4. The summed E-state index contributed by atoms with van der Waals surface area (Å²) in [7, 11) is 0. The molecule has 0 heterocycles. The number of halogens is 8. The van der Waals surface area contributed by atoms with Crippen LogP contribution in [0.5, 0.6) is 11.5 Å². The Morgan fingerprint density at radius 2 is 1.04 bits per heavy atom. The van der Waals surface area contributed by atoms with Crippen LogP contribution in [0.4, 0.5) is 35.1 Å². The van der Waals surface area contributed by atoms with Gasteiger partial charge in [0.2, 0.25) is 0 Å². The van der Waals surface area contributed by atoms with Crippen molar-refractivity contribution in [2.45, 2.75) is 46.3 Å². The molecule has 13 heteroatoms. The maximum absolute atomic E-state index is 14.1. The number of hydrogen-bond donors (Lipinski definition) is 1. The van der Waals surface area contributed by atoms with Crippen LogP contribution >= 0.6 is 0 Å². The van der Waals surface area contributed by atoms with Crippen molar-refractivity contribution in [3.63, 3.8) is 0 Å². The molecule has 0 saturated heterocycles. The lowest BCUT2D eigenvalue weighted by Gasteiger charge is -2.13. The molecule has 0 spiro atoms. The molecule has 0 saturated carbocycles. The SMILES string of the molecule is CC(=O)c1cccc(COc2ccc(C(F)(F)F)cc2C)c1F.Cc1cc(C(F)(F)F)ccc1OCc1cccc(C(=O)O)c1F. The largest absolute Gasteiger partial charge is 0.489 e. The first kappa shape index (κ1) is 35.5. The highest BCUT2D eigenvalue weighted by atomic mass is 19.4. The number of rotatable bonds is 8. The van der Waals surface area contributed by atoms with Crippen LogP contribution in [0.1, 0.15) is 61.0 Å². The third-order valence-electron chi connectivity index (χ3n) is 6.54. The van der Waals surface area contributed by atoms with Crippen LogP contribution in [0.25, 0.3) is 0 Å². The summed E-state index contributed by atoms with van der Waals surface area (Å²) in [5, 5.41) is 8.84. The third-order valence-corrected chi connectivity index (χ3v) is 6.54. The number of benzene rings is 4. The van der Waals surface area contributed by atoms with Crippen LogP contribution < -0.4 is 9.47 Å². The quantitative estimate of drug-likeness (QED) is 0.151. The van der Waals surface area contributed by atoms with Crippen molar-refractivity contribution >= 4 is 11.8 Å². The Morgan fingerprint density at radius 1 is 0.652 bits per heavy atom. The molecule has 0 aliphatic heterocycles. The summed E-state index contributed by atoms with van der Waals surface area (Å²) < 4.78 is 114. The Morgan fingerprint density at radius 3 is 1.39 bits per heavy atom. The highest BCUT2D eigenvalue weighted by Crippen LogP contribution is 2.34. The molecule has 0 amide bonds. The second kappa shape index (κ2) is 14.4. The number of ketones is 1. The first-order valence-corrected chi connectivity index (χ1v) is 13.3. The van der Waals surface area contributed by atoms with Gasteiger partial charge in [0.05, 0.1) is 22.3 Å². The number of alkyl halides is 6. The molecule has 4 rings (SSSR count). The topological polar surface area (TPSA) is 72.8 Å². The van der Waals surface area contributed by atoms with Crippen molar-refractivity contribution in [2.75, 3.05) is 0 Å². The molecule has 5 nitrogen and oxygen atoms in total. The van der Waals surface area contributed by atoms with Gasteiger partial charge in [-0.3, -0.25) is 4.79 Å². The third kappa shape index (κ3) is 9.05. The number of carbonyl (C=O) groups is 2. The summed E-state index contributed by atoms with van der Waals surface area (Å²) in [5.74, 6) is -3.02. The van der Waals surface area contributed by atoms with Crippen LogP contribution in [0.2, 0.25) is 0 Å². The standard InChI is InChI=1S/C17H14F4O2.C16H12F4O3/c1-10-8-13(17(19,20)21)6-7-15(10)23-9-12-4-3-5-14(11(2)22)16(12)18;1-9-7-11(16(18,19)20)5-6-13(9)23-8-10-3-2-4-12(14(10)17)15(21)22/h3-8H,9H2,1-2H3;2-7H,8H2,1H3,(H,21,22). The van der Waals surface area contributed by atoms with E-state index in [0.717, 1.165) is 36.4 Å². The fourth-order valence-electron chi connectivity index (χ4n) is 4.11. The van der Waals surface area contributed by atoms with Gasteiger partial charge >= 0.3 is 18.3 Å². The van der Waals surface area contributed by atoms with Crippen LogP contribution in [-0.4, -0.2) is 16.9 Å². The normalized spacial score (nSPS) is 11.4. The number of Topliss-reactive ketones (excluding diaryl/α,β-unsaturated/α-hetero) is 1. The Hall–Kier alpha value is -4.94. The summed E-state index contributed by atoms with van der Waals surface area (Å²) in [6.07, 6.45) is -8.88. The zero-order chi connectivity index (χ0) is 34.4. The summed E-state index contributed by atoms with van der Waals surface area (Å²) in [6.45, 7) is 3.70. The monoisotopic (exact) mass is 654 g/mol. The Kier molecular flexibility index (Phi) is 11.2. The van der Waals surface area contributed by atoms with Gasteiger partial charge < -0.3 is 14.6 Å². The van der Waals surface area contributed by atoms with Crippen molar-refractivity contribution in [3.8, 4) is 11.5 Å². The molecule has 1 N–H and O–H groups in total. The average Bonchev–Trinajstić information content (AvgIpc) is 2.96. The summed E-state index contributed by atoms with van der Waals surface area (Å²) in [6, 6.07) is 14.2. The van der Waals surface area contributed by atoms with Gasteiger partial charge in [-0.2, -0.15) is 26.3 Å². The lowest BCUT2D eigenvalue weighted by Crippen LogP contribution is -2.07. The zero-order valence-electron chi connectivity index (χ0n) is 24.4. The van der Waals surface area contributed by atoms with E-state index in [0.29, 0.717) is 5.56 Å². The van der Waals surface area contributed by atoms with E-state index in [4.69, 9.17) is 14.6 Å². The fraction of sp³-hybridized carbons (Fsp3) is 0.212. The molecule has 244 valence electrons. The maximum atomic E-state index is 14.1. The molecule has 4 aromatic rings. The van der Waals surface area contributed by atoms with Crippen LogP contribution in [0, 0.1) is 25.5 Å². The van der Waals surface area contributed by atoms with E-state index in [-0.39, 0.29) is 47.0 Å². The molecule has 0 aliphatic carbocycles. The van der Waals surface area contributed by atoms with Crippen molar-refractivity contribution < 1.29 is 59.3 Å². The van der Waals surface area contributed by atoms with E-state index in [9.17, 15) is 44.7 Å². The summed E-state index contributed by atoms with van der Waals surface area (Å²) in [5.41, 5.74) is -1.40. The smallest absolute Gasteiger partial charge is 0.416 e. The number of aryl methyl sites for hydroxylation is 2. The number of ether oxygens (including phenoxy) is 2. The van der Waals surface area contributed by atoms with E-state index in [1.165, 1.54) is 57.2 Å². The van der Waals surface area contributed by atoms with Gasteiger partial charge in [-0.05, 0) is 80.4 Å². The Bertz CT molecular complexity index is 1600. The Balaban J connectivity index is 0.000000250. The minimum atomic E-state index is -4.45. The Labute approximate surface area is 258 Å². The van der Waals surface area contributed by atoms with Crippen molar-refractivity contribution in [1.82, 2.24) is 0 Å². The first-order chi connectivity index (χ1) is 21.4. The second-order valence-corrected chi connectivity index (χ2v) is 9.95. The molecule has 4 aromatic carbocycles.